The van der Waals surface area contributed by atoms with Crippen LogP contribution in [0.25, 0.3) is 0 Å². The van der Waals surface area contributed by atoms with E-state index in [2.05, 4.69) is 11.6 Å². The molecular weight excluding hydrogens is 258 g/mol. The molecule has 0 aliphatic heterocycles. The normalized spacial score (nSPS) is 30.4. The molecule has 0 saturated heterocycles. The van der Waals surface area contributed by atoms with Crippen LogP contribution in [0.15, 0.2) is 0 Å². The van der Waals surface area contributed by atoms with Crippen LogP contribution >= 0.6 is 11.6 Å². The van der Waals surface area contributed by atoms with Gasteiger partial charge in [-0.05, 0) is 25.2 Å². The molecule has 0 spiro atoms. The molecule has 0 amide bonds. The van der Waals surface area contributed by atoms with Crippen LogP contribution in [0.4, 0.5) is 0 Å². The van der Waals surface area contributed by atoms with E-state index in [-0.39, 0.29) is 5.75 Å². The van der Waals surface area contributed by atoms with Gasteiger partial charge in [-0.2, -0.15) is 0 Å². The Morgan fingerprint density at radius 2 is 2.18 bits per heavy atom. The lowest BCUT2D eigenvalue weighted by Crippen LogP contribution is -2.53. The van der Waals surface area contributed by atoms with E-state index in [1.165, 1.54) is 6.42 Å². The minimum absolute atomic E-state index is 0.219. The van der Waals surface area contributed by atoms with Gasteiger partial charge >= 0.3 is 0 Å². The lowest BCUT2D eigenvalue weighted by molar-refractivity contribution is 0.239. The number of halogens is 1. The molecule has 1 fully saturated rings. The third kappa shape index (κ3) is 4.76. The first-order valence-electron chi connectivity index (χ1n) is 6.51. The molecule has 0 aromatic rings. The highest BCUT2D eigenvalue weighted by atomic mass is 35.5. The molecule has 0 aromatic carbocycles. The van der Waals surface area contributed by atoms with Crippen molar-refractivity contribution < 1.29 is 8.42 Å². The quantitative estimate of drug-likeness (QED) is 0.761. The van der Waals surface area contributed by atoms with Crippen LogP contribution in [0.3, 0.4) is 0 Å². The summed E-state index contributed by atoms with van der Waals surface area (Å²) in [7, 11) is -3.17. The Bertz CT molecular complexity index is 331. The molecule has 0 radical (unpaired) electrons. The maximum atomic E-state index is 12.0. The number of nitrogens with one attached hydrogen (secondary N) is 1. The van der Waals surface area contributed by atoms with Gasteiger partial charge in [0.2, 0.25) is 10.0 Å². The molecule has 2 unspecified atom stereocenters. The van der Waals surface area contributed by atoms with Gasteiger partial charge in [-0.25, -0.2) is 13.1 Å². The molecule has 17 heavy (non-hydrogen) atoms. The van der Waals surface area contributed by atoms with E-state index in [0.29, 0.717) is 18.2 Å². The Labute approximate surface area is 110 Å². The summed E-state index contributed by atoms with van der Waals surface area (Å²) in [5.74, 6) is 1.15. The Balaban J connectivity index is 2.68. The van der Waals surface area contributed by atoms with Gasteiger partial charge in [-0.1, -0.05) is 33.1 Å². The maximum Gasteiger partial charge on any atom is 0.212 e. The minimum Gasteiger partial charge on any atom is -0.212 e. The zero-order valence-electron chi connectivity index (χ0n) is 10.8. The fourth-order valence-corrected chi connectivity index (χ4v) is 4.69. The fraction of sp³-hybridized carbons (Fsp3) is 1.00. The molecule has 0 heterocycles. The molecule has 1 aliphatic carbocycles. The van der Waals surface area contributed by atoms with E-state index in [0.717, 1.165) is 25.7 Å². The molecule has 1 aliphatic rings. The van der Waals surface area contributed by atoms with Gasteiger partial charge in [-0.15, -0.1) is 11.6 Å². The number of alkyl halides is 1. The third-order valence-corrected chi connectivity index (χ3v) is 5.57. The summed E-state index contributed by atoms with van der Waals surface area (Å²) in [6.45, 7) is 4.16. The van der Waals surface area contributed by atoms with E-state index >= 15 is 0 Å². The molecule has 1 N–H and O–H groups in total. The Morgan fingerprint density at radius 1 is 1.47 bits per heavy atom. The number of hydrogen-bond acceptors (Lipinski definition) is 2. The summed E-state index contributed by atoms with van der Waals surface area (Å²) in [6.07, 6.45) is 5.57. The van der Waals surface area contributed by atoms with Gasteiger partial charge in [0, 0.05) is 11.4 Å². The van der Waals surface area contributed by atoms with Gasteiger partial charge in [0.05, 0.1) is 5.75 Å². The van der Waals surface area contributed by atoms with Gasteiger partial charge in [0.15, 0.2) is 0 Å². The van der Waals surface area contributed by atoms with Crippen LogP contribution < -0.4 is 4.72 Å². The highest BCUT2D eigenvalue weighted by Crippen LogP contribution is 2.33. The second kappa shape index (κ2) is 6.39. The fourth-order valence-electron chi connectivity index (χ4n) is 2.62. The van der Waals surface area contributed by atoms with Crippen molar-refractivity contribution in [1.82, 2.24) is 4.72 Å². The first-order valence-corrected chi connectivity index (χ1v) is 8.69. The summed E-state index contributed by atoms with van der Waals surface area (Å²) in [6, 6.07) is 0. The van der Waals surface area contributed by atoms with Gasteiger partial charge in [0.25, 0.3) is 0 Å². The molecule has 0 bridgehead atoms. The van der Waals surface area contributed by atoms with Crippen molar-refractivity contribution in [3.05, 3.63) is 0 Å². The number of hydrogen-bond donors (Lipinski definition) is 1. The Hall–Kier alpha value is 0.200. The highest BCUT2D eigenvalue weighted by molar-refractivity contribution is 7.89. The third-order valence-electron chi connectivity index (χ3n) is 3.49. The van der Waals surface area contributed by atoms with Crippen molar-refractivity contribution in [2.45, 2.75) is 57.9 Å². The van der Waals surface area contributed by atoms with Crippen molar-refractivity contribution in [2.75, 3.05) is 11.6 Å². The largest absolute Gasteiger partial charge is 0.212 e. The smallest absolute Gasteiger partial charge is 0.212 e. The minimum atomic E-state index is -3.17. The van der Waals surface area contributed by atoms with E-state index in [1.807, 2.05) is 6.92 Å². The number of sulfonamides is 1. The van der Waals surface area contributed by atoms with Crippen LogP contribution in [-0.2, 0) is 10.0 Å². The average molecular weight is 282 g/mol. The topological polar surface area (TPSA) is 46.2 Å². The van der Waals surface area contributed by atoms with Gasteiger partial charge < -0.3 is 0 Å². The molecule has 2 atom stereocenters. The highest BCUT2D eigenvalue weighted by Gasteiger charge is 2.37. The summed E-state index contributed by atoms with van der Waals surface area (Å²) in [5.41, 5.74) is -0.397. The summed E-state index contributed by atoms with van der Waals surface area (Å²) in [5, 5.41) is 0. The Morgan fingerprint density at radius 3 is 2.71 bits per heavy atom. The van der Waals surface area contributed by atoms with E-state index in [1.54, 1.807) is 0 Å². The first-order chi connectivity index (χ1) is 7.93. The molecule has 1 rings (SSSR count). The average Bonchev–Trinajstić information content (AvgIpc) is 2.26. The van der Waals surface area contributed by atoms with Gasteiger partial charge in [0.1, 0.15) is 0 Å². The maximum absolute atomic E-state index is 12.0. The molecule has 1 saturated carbocycles. The molecule has 102 valence electrons. The number of rotatable bonds is 6. The van der Waals surface area contributed by atoms with E-state index in [4.69, 9.17) is 11.6 Å². The zero-order chi connectivity index (χ0) is 12.9. The van der Waals surface area contributed by atoms with Crippen LogP contribution in [-0.4, -0.2) is 25.6 Å². The van der Waals surface area contributed by atoms with Crippen molar-refractivity contribution in [1.29, 1.82) is 0 Å². The van der Waals surface area contributed by atoms with Crippen LogP contribution in [0.1, 0.15) is 52.4 Å². The van der Waals surface area contributed by atoms with Crippen molar-refractivity contribution in [3.8, 4) is 0 Å². The van der Waals surface area contributed by atoms with Crippen LogP contribution in [0, 0.1) is 5.92 Å². The van der Waals surface area contributed by atoms with Crippen molar-refractivity contribution in [3.63, 3.8) is 0 Å². The van der Waals surface area contributed by atoms with Gasteiger partial charge in [-0.3, -0.25) is 0 Å². The lowest BCUT2D eigenvalue weighted by Gasteiger charge is -2.39. The summed E-state index contributed by atoms with van der Waals surface area (Å²) >= 11 is 6.02. The van der Waals surface area contributed by atoms with Crippen LogP contribution in [0.5, 0.6) is 0 Å². The van der Waals surface area contributed by atoms with E-state index < -0.39 is 15.6 Å². The standard InChI is InChI=1S/C12H24ClNO2S/c1-3-4-8-17(15,16)14-12(10-13)7-5-6-11(2)9-12/h11,14H,3-10H2,1-2H3. The second-order valence-electron chi connectivity index (χ2n) is 5.39. The van der Waals surface area contributed by atoms with Crippen molar-refractivity contribution >= 4 is 21.6 Å². The molecule has 0 aromatic heterocycles. The number of unbranched alkanes of at least 4 members (excludes halogenated alkanes) is 1. The van der Waals surface area contributed by atoms with Crippen molar-refractivity contribution in [2.24, 2.45) is 5.92 Å². The molecule has 3 nitrogen and oxygen atoms in total. The summed E-state index contributed by atoms with van der Waals surface area (Å²) < 4.78 is 26.8. The second-order valence-corrected chi connectivity index (χ2v) is 7.50. The molecular formula is C12H24ClNO2S. The predicted octanol–water partition coefficient (Wildman–Crippen LogP) is 2.89. The zero-order valence-corrected chi connectivity index (χ0v) is 12.4. The van der Waals surface area contributed by atoms with E-state index in [9.17, 15) is 8.42 Å². The molecule has 5 heteroatoms. The monoisotopic (exact) mass is 281 g/mol. The first kappa shape index (κ1) is 15.3. The SMILES string of the molecule is CCCCS(=O)(=O)NC1(CCl)CCCC(C)C1. The predicted molar refractivity (Wildman–Crippen MR) is 72.9 cm³/mol. The van der Waals surface area contributed by atoms with Crippen LogP contribution in [0.2, 0.25) is 0 Å². The summed E-state index contributed by atoms with van der Waals surface area (Å²) in [4.78, 5) is 0. The Kier molecular flexibility index (Phi) is 5.74. The lowest BCUT2D eigenvalue weighted by atomic mass is 9.78.